The summed E-state index contributed by atoms with van der Waals surface area (Å²) in [7, 11) is 0. The van der Waals surface area contributed by atoms with E-state index in [1.165, 1.54) is 55.2 Å². The summed E-state index contributed by atoms with van der Waals surface area (Å²) in [6.45, 7) is 0. The molecule has 0 saturated heterocycles. The van der Waals surface area contributed by atoms with Gasteiger partial charge in [0, 0.05) is 44.4 Å². The maximum absolute atomic E-state index is 5.93. The van der Waals surface area contributed by atoms with Gasteiger partial charge in [-0.05, 0) is 89.2 Å². The average molecular weight is 582 g/mol. The van der Waals surface area contributed by atoms with Crippen LogP contribution >= 0.6 is 0 Å². The molecule has 4 N–H and O–H groups in total. The minimum absolute atomic E-state index is 0.761. The molecule has 1 aromatic heterocycles. The van der Waals surface area contributed by atoms with Crippen LogP contribution in [0.25, 0.3) is 49.6 Å². The molecule has 0 aliphatic heterocycles. The molecule has 0 saturated carbocycles. The Morgan fingerprint density at radius 1 is 0.556 bits per heavy atom. The quantitative estimate of drug-likeness (QED) is 0.177. The summed E-state index contributed by atoms with van der Waals surface area (Å²) in [6.07, 6.45) is 8.73. The van der Waals surface area contributed by atoms with Crippen LogP contribution in [0.2, 0.25) is 0 Å². The summed E-state index contributed by atoms with van der Waals surface area (Å²) < 4.78 is 0. The normalized spacial score (nSPS) is 12.4. The third kappa shape index (κ3) is 6.29. The number of para-hydroxylation sites is 1. The topological polar surface area (TPSA) is 53.8 Å². The average Bonchev–Trinajstić information content (AvgIpc) is 3.48. The minimum Gasteiger partial charge on any atom is -0.399 e. The Bertz CT molecular complexity index is 2140. The van der Waals surface area contributed by atoms with Gasteiger partial charge in [0.1, 0.15) is 0 Å². The lowest BCUT2D eigenvalue weighted by atomic mass is 9.92. The first-order valence-corrected chi connectivity index (χ1v) is 15.5. The van der Waals surface area contributed by atoms with Gasteiger partial charge >= 0.3 is 0 Å². The zero-order valence-corrected chi connectivity index (χ0v) is 25.1. The van der Waals surface area contributed by atoms with Crippen molar-refractivity contribution in [2.24, 2.45) is 0 Å². The van der Waals surface area contributed by atoms with Crippen molar-refractivity contribution < 1.29 is 0 Å². The lowest BCUT2D eigenvalue weighted by Crippen LogP contribution is -1.98. The van der Waals surface area contributed by atoms with Crippen LogP contribution in [0.1, 0.15) is 18.4 Å². The number of nitrogen functional groups attached to an aromatic ring is 1. The van der Waals surface area contributed by atoms with Crippen molar-refractivity contribution in [2.75, 3.05) is 11.1 Å². The van der Waals surface area contributed by atoms with E-state index in [1.807, 2.05) is 30.3 Å². The fourth-order valence-corrected chi connectivity index (χ4v) is 5.99. The van der Waals surface area contributed by atoms with E-state index < -0.39 is 0 Å². The Labute approximate surface area is 264 Å². The number of nitrogens with one attached hydrogen (secondary N) is 2. The molecule has 1 aliphatic carbocycles. The summed E-state index contributed by atoms with van der Waals surface area (Å²) >= 11 is 0. The number of H-pyrrole nitrogens is 1. The van der Waals surface area contributed by atoms with Crippen molar-refractivity contribution in [1.82, 2.24) is 4.98 Å². The molecular weight excluding hydrogens is 546 g/mol. The Morgan fingerprint density at radius 3 is 1.98 bits per heavy atom. The smallest absolute Gasteiger partial charge is 0.0465 e. The fraction of sp³-hybridized carbons (Fsp3) is 0.0476. The molecule has 3 heteroatoms. The highest BCUT2D eigenvalue weighted by Crippen LogP contribution is 2.35. The lowest BCUT2D eigenvalue weighted by molar-refractivity contribution is 1.05. The minimum atomic E-state index is 0.761. The second kappa shape index (κ2) is 12.8. The zero-order valence-electron chi connectivity index (χ0n) is 25.1. The number of nitrogens with two attached hydrogens (primary N) is 1. The first-order valence-electron chi connectivity index (χ1n) is 15.5. The van der Waals surface area contributed by atoms with Crippen LogP contribution < -0.4 is 11.1 Å². The molecule has 0 bridgehead atoms. The van der Waals surface area contributed by atoms with Gasteiger partial charge in [0.25, 0.3) is 0 Å². The van der Waals surface area contributed by atoms with Crippen LogP contribution in [0.5, 0.6) is 0 Å². The summed E-state index contributed by atoms with van der Waals surface area (Å²) in [6, 6.07) is 50.6. The van der Waals surface area contributed by atoms with Gasteiger partial charge in [0.2, 0.25) is 0 Å². The Hall–Kier alpha value is -5.80. The largest absolute Gasteiger partial charge is 0.399 e. The Morgan fingerprint density at radius 2 is 1.24 bits per heavy atom. The molecule has 0 spiro atoms. The number of rotatable bonds is 5. The molecule has 218 valence electrons. The molecule has 0 fully saturated rings. The van der Waals surface area contributed by atoms with Crippen molar-refractivity contribution in [3.05, 3.63) is 169 Å². The van der Waals surface area contributed by atoms with E-state index in [9.17, 15) is 0 Å². The number of anilines is 3. The van der Waals surface area contributed by atoms with Crippen molar-refractivity contribution in [2.45, 2.75) is 12.8 Å². The third-order valence-corrected chi connectivity index (χ3v) is 8.27. The first kappa shape index (κ1) is 28.0. The van der Waals surface area contributed by atoms with Gasteiger partial charge in [-0.25, -0.2) is 0 Å². The van der Waals surface area contributed by atoms with Crippen LogP contribution in [0.15, 0.2) is 164 Å². The van der Waals surface area contributed by atoms with Crippen molar-refractivity contribution in [1.29, 1.82) is 0 Å². The van der Waals surface area contributed by atoms with Crippen LogP contribution in [0.4, 0.5) is 17.1 Å². The summed E-state index contributed by atoms with van der Waals surface area (Å²) in [4.78, 5) is 3.46. The second-order valence-corrected chi connectivity index (χ2v) is 11.3. The molecule has 0 amide bonds. The van der Waals surface area contributed by atoms with Crippen molar-refractivity contribution >= 4 is 44.4 Å². The molecule has 45 heavy (non-hydrogen) atoms. The lowest BCUT2D eigenvalue weighted by Gasteiger charge is -2.18. The van der Waals surface area contributed by atoms with Gasteiger partial charge in [0.15, 0.2) is 0 Å². The predicted octanol–water partition coefficient (Wildman–Crippen LogP) is 11.4. The van der Waals surface area contributed by atoms with Gasteiger partial charge in [-0.1, -0.05) is 115 Å². The molecule has 0 unspecified atom stereocenters. The van der Waals surface area contributed by atoms with Gasteiger partial charge in [-0.15, -0.1) is 0 Å². The molecule has 3 nitrogen and oxygen atoms in total. The fourth-order valence-electron chi connectivity index (χ4n) is 5.99. The van der Waals surface area contributed by atoms with Crippen LogP contribution in [-0.4, -0.2) is 4.98 Å². The van der Waals surface area contributed by atoms with Crippen LogP contribution in [0.3, 0.4) is 0 Å². The number of aromatic amines is 1. The van der Waals surface area contributed by atoms with Gasteiger partial charge in [-0.2, -0.15) is 0 Å². The van der Waals surface area contributed by atoms with Gasteiger partial charge in [-0.3, -0.25) is 0 Å². The number of hydrogen-bond acceptors (Lipinski definition) is 2. The number of fused-ring (bicyclic) bond motifs is 3. The maximum Gasteiger partial charge on any atom is 0.0465 e. The van der Waals surface area contributed by atoms with Crippen molar-refractivity contribution in [3.8, 4) is 22.3 Å². The van der Waals surface area contributed by atoms with E-state index in [0.29, 0.717) is 0 Å². The highest BCUT2D eigenvalue weighted by atomic mass is 14.9. The molecule has 1 aliphatic rings. The standard InChI is InChI=1S/C24H22N2.C18H13N/c25-21-12-7-13-22(17-21)26-24-15-14-20(18-8-3-1-4-9-18)16-23(24)19-10-5-2-6-11-19;1-2-6-13(7-3-1)14-10-11-18-16(12-14)15-8-4-5-9-17(15)19-18/h1-5,7-10,12-17,26H,6,11,25H2;1-12,19H. The van der Waals surface area contributed by atoms with E-state index in [2.05, 4.69) is 144 Å². The van der Waals surface area contributed by atoms with Gasteiger partial charge in [0.05, 0.1) is 0 Å². The summed E-state index contributed by atoms with van der Waals surface area (Å²) in [5, 5.41) is 6.12. The zero-order chi connectivity index (χ0) is 30.4. The maximum atomic E-state index is 5.93. The van der Waals surface area contributed by atoms with Crippen LogP contribution in [-0.2, 0) is 0 Å². The SMILES string of the molecule is Nc1cccc(Nc2ccc(-c3ccccc3)cc2C2=CC=CCC2)c1.c1ccc(-c2ccc3[nH]c4ccccc4c3c2)cc1. The molecule has 6 aromatic carbocycles. The summed E-state index contributed by atoms with van der Waals surface area (Å²) in [5.74, 6) is 0. The van der Waals surface area contributed by atoms with E-state index in [4.69, 9.17) is 5.73 Å². The molecule has 8 rings (SSSR count). The number of aromatic nitrogens is 1. The van der Waals surface area contributed by atoms with E-state index >= 15 is 0 Å². The second-order valence-electron chi connectivity index (χ2n) is 11.3. The van der Waals surface area contributed by atoms with Crippen molar-refractivity contribution in [3.63, 3.8) is 0 Å². The van der Waals surface area contributed by atoms with E-state index in [1.54, 1.807) is 0 Å². The predicted molar refractivity (Wildman–Crippen MR) is 194 cm³/mol. The van der Waals surface area contributed by atoms with E-state index in [0.717, 1.165) is 29.9 Å². The van der Waals surface area contributed by atoms with E-state index in [-0.39, 0.29) is 0 Å². The first-order chi connectivity index (χ1) is 22.2. The molecule has 0 atom stereocenters. The molecule has 0 radical (unpaired) electrons. The Balaban J connectivity index is 0.000000151. The molecule has 7 aromatic rings. The number of hydrogen-bond donors (Lipinski definition) is 3. The van der Waals surface area contributed by atoms with Gasteiger partial charge < -0.3 is 16.0 Å². The molecular formula is C42H35N3. The highest BCUT2D eigenvalue weighted by molar-refractivity contribution is 6.08. The third-order valence-electron chi connectivity index (χ3n) is 8.27. The number of benzene rings is 6. The Kier molecular flexibility index (Phi) is 7.98. The number of allylic oxidation sites excluding steroid dienone is 4. The monoisotopic (exact) mass is 581 g/mol. The molecule has 1 heterocycles. The summed E-state index contributed by atoms with van der Waals surface area (Å²) in [5.41, 5.74) is 18.8. The van der Waals surface area contributed by atoms with Crippen LogP contribution in [0, 0.1) is 0 Å². The highest BCUT2D eigenvalue weighted by Gasteiger charge is 2.12.